The molecule has 2 aliphatic heterocycles. The van der Waals surface area contributed by atoms with E-state index in [0.717, 1.165) is 44.1 Å². The van der Waals surface area contributed by atoms with Crippen molar-refractivity contribution >= 4 is 5.78 Å². The zero-order valence-corrected chi connectivity index (χ0v) is 25.8. The second kappa shape index (κ2) is 8.63. The Labute approximate surface area is 235 Å². The fraction of sp³-hybridized carbons (Fsp3) is 0.909. The third kappa shape index (κ3) is 4.01. The minimum atomic E-state index is -1.02. The average molecular weight is 545 g/mol. The van der Waals surface area contributed by atoms with Crippen LogP contribution < -0.4 is 0 Å². The summed E-state index contributed by atoms with van der Waals surface area (Å²) < 4.78 is 25.9. The Morgan fingerprint density at radius 2 is 1.62 bits per heavy atom. The second-order valence-electron chi connectivity index (χ2n) is 15.9. The number of rotatable bonds is 4. The Morgan fingerprint density at radius 1 is 0.923 bits per heavy atom. The number of allylic oxidation sites excluding steroid dienone is 1. The van der Waals surface area contributed by atoms with Gasteiger partial charge in [0.05, 0.1) is 29.5 Å². The summed E-state index contributed by atoms with van der Waals surface area (Å²) in [7, 11) is 0. The van der Waals surface area contributed by atoms with Crippen molar-refractivity contribution in [2.45, 2.75) is 155 Å². The first-order valence-electron chi connectivity index (χ1n) is 15.7. The first-order chi connectivity index (χ1) is 17.9. The minimum Gasteiger partial charge on any atom is -0.385 e. The van der Waals surface area contributed by atoms with Gasteiger partial charge in [-0.25, -0.2) is 0 Å². The van der Waals surface area contributed by atoms with Gasteiger partial charge >= 0.3 is 0 Å². The quantitative estimate of drug-likeness (QED) is 0.445. The van der Waals surface area contributed by atoms with Crippen molar-refractivity contribution < 1.29 is 28.8 Å². The molecule has 0 aromatic rings. The number of hydrogen-bond donors (Lipinski definition) is 1. The maximum absolute atomic E-state index is 13.8. The van der Waals surface area contributed by atoms with Gasteiger partial charge in [-0.15, -0.1) is 0 Å². The molecule has 6 heteroatoms. The molecule has 10 atom stereocenters. The molecule has 1 N–H and O–H groups in total. The van der Waals surface area contributed by atoms with Crippen molar-refractivity contribution in [3.63, 3.8) is 0 Å². The van der Waals surface area contributed by atoms with Gasteiger partial charge in [-0.1, -0.05) is 27.7 Å². The SMILES string of the molecule is CC(C)CC[C@H]1OC(C)(C)O[C@]1(C)[C@H]1CC[C@@]2(O)C3=CC(=O)[C@@H]4C[C@H]5OC(C)(C)O[C@H]5C[C@]4(C)[C@H]3CC[C@]12C. The van der Waals surface area contributed by atoms with E-state index in [1.807, 2.05) is 33.8 Å². The van der Waals surface area contributed by atoms with Crippen LogP contribution in [-0.2, 0) is 23.7 Å². The zero-order valence-electron chi connectivity index (χ0n) is 25.8. The third-order valence-corrected chi connectivity index (χ3v) is 12.2. The van der Waals surface area contributed by atoms with Crippen LogP contribution in [0.15, 0.2) is 11.6 Å². The molecule has 5 fully saturated rings. The van der Waals surface area contributed by atoms with Gasteiger partial charge in [0.1, 0.15) is 0 Å². The van der Waals surface area contributed by atoms with Gasteiger partial charge in [0, 0.05) is 11.3 Å². The molecule has 0 amide bonds. The van der Waals surface area contributed by atoms with Crippen LogP contribution in [0.3, 0.4) is 0 Å². The summed E-state index contributed by atoms with van der Waals surface area (Å²) >= 11 is 0. The first-order valence-corrected chi connectivity index (χ1v) is 15.7. The van der Waals surface area contributed by atoms with Gasteiger partial charge in [-0.05, 0) is 121 Å². The number of fused-ring (bicyclic) bond motifs is 6. The van der Waals surface area contributed by atoms with Crippen molar-refractivity contribution in [2.24, 2.45) is 34.5 Å². The standard InChI is InChI=1S/C33H52O6/c1-19(2)10-11-27-32(9,39-29(5,6)38-27)26-13-15-33(35)21-16-23(34)22-17-24-25(37-28(3,4)36-24)18-30(22,7)20(21)12-14-31(26,33)8/h16,19-20,22,24-27,35H,10-15,17-18H2,1-9H3/t20-,22-,24+,25-,26-,27+,30+,31+,32+,33+/m0/s1. The molecule has 0 unspecified atom stereocenters. The molecule has 4 aliphatic carbocycles. The highest BCUT2D eigenvalue weighted by Gasteiger charge is 2.71. The highest BCUT2D eigenvalue weighted by atomic mass is 16.8. The summed E-state index contributed by atoms with van der Waals surface area (Å²) in [6.07, 6.45) is 8.79. The normalized spacial score (nSPS) is 51.8. The molecule has 3 saturated carbocycles. The van der Waals surface area contributed by atoms with Crippen molar-refractivity contribution in [1.82, 2.24) is 0 Å². The minimum absolute atomic E-state index is 0.000393. The Hall–Kier alpha value is -0.790. The summed E-state index contributed by atoms with van der Waals surface area (Å²) in [5.74, 6) is -0.276. The van der Waals surface area contributed by atoms with Crippen LogP contribution in [0.5, 0.6) is 0 Å². The first kappa shape index (κ1) is 28.3. The van der Waals surface area contributed by atoms with Crippen molar-refractivity contribution in [3.8, 4) is 0 Å². The van der Waals surface area contributed by atoms with E-state index >= 15 is 0 Å². The Kier molecular flexibility index (Phi) is 6.27. The highest BCUT2D eigenvalue weighted by Crippen LogP contribution is 2.70. The number of aliphatic hydroxyl groups is 1. The summed E-state index contributed by atoms with van der Waals surface area (Å²) in [5, 5.41) is 12.8. The fourth-order valence-electron chi connectivity index (χ4n) is 10.5. The van der Waals surface area contributed by atoms with Gasteiger partial charge < -0.3 is 24.1 Å². The van der Waals surface area contributed by atoms with Gasteiger partial charge in [0.15, 0.2) is 17.4 Å². The van der Waals surface area contributed by atoms with Crippen LogP contribution in [0.1, 0.15) is 114 Å². The van der Waals surface area contributed by atoms with Gasteiger partial charge in [0.2, 0.25) is 0 Å². The molecule has 2 heterocycles. The Balaban J connectivity index is 1.33. The molecule has 220 valence electrons. The van der Waals surface area contributed by atoms with E-state index in [4.69, 9.17) is 18.9 Å². The fourth-order valence-corrected chi connectivity index (χ4v) is 10.5. The predicted molar refractivity (Wildman–Crippen MR) is 149 cm³/mol. The van der Waals surface area contributed by atoms with E-state index in [2.05, 4.69) is 34.6 Å². The van der Waals surface area contributed by atoms with E-state index in [9.17, 15) is 9.90 Å². The number of ether oxygens (including phenoxy) is 4. The van der Waals surface area contributed by atoms with E-state index in [1.54, 1.807) is 0 Å². The predicted octanol–water partition coefficient (Wildman–Crippen LogP) is 6.34. The summed E-state index contributed by atoms with van der Waals surface area (Å²) in [5.41, 5.74) is -1.15. The molecular weight excluding hydrogens is 492 g/mol. The van der Waals surface area contributed by atoms with Crippen LogP contribution >= 0.6 is 0 Å². The molecule has 0 radical (unpaired) electrons. The molecule has 0 spiro atoms. The average Bonchev–Trinajstić information content (AvgIpc) is 3.35. The monoisotopic (exact) mass is 544 g/mol. The van der Waals surface area contributed by atoms with Gasteiger partial charge in [-0.3, -0.25) is 4.79 Å². The molecular formula is C33H52O6. The largest absolute Gasteiger partial charge is 0.385 e. The number of carbonyl (C=O) groups is 1. The number of carbonyl (C=O) groups excluding carboxylic acids is 1. The summed E-state index contributed by atoms with van der Waals surface area (Å²) in [6, 6.07) is 0. The van der Waals surface area contributed by atoms with Gasteiger partial charge in [-0.2, -0.15) is 0 Å². The molecule has 0 bridgehead atoms. The Bertz CT molecular complexity index is 1060. The summed E-state index contributed by atoms with van der Waals surface area (Å²) in [4.78, 5) is 13.8. The topological polar surface area (TPSA) is 74.2 Å². The van der Waals surface area contributed by atoms with E-state index in [-0.39, 0.29) is 52.7 Å². The lowest BCUT2D eigenvalue weighted by Crippen LogP contribution is -2.62. The van der Waals surface area contributed by atoms with Crippen LogP contribution in [0.4, 0.5) is 0 Å². The van der Waals surface area contributed by atoms with Crippen LogP contribution in [0.25, 0.3) is 0 Å². The van der Waals surface area contributed by atoms with Crippen LogP contribution in [-0.4, -0.2) is 52.0 Å². The van der Waals surface area contributed by atoms with E-state index in [0.29, 0.717) is 18.8 Å². The maximum atomic E-state index is 13.8. The molecule has 0 aromatic carbocycles. The maximum Gasteiger partial charge on any atom is 0.164 e. The smallest absolute Gasteiger partial charge is 0.164 e. The number of ketones is 1. The molecule has 2 saturated heterocycles. The van der Waals surface area contributed by atoms with Gasteiger partial charge in [0.25, 0.3) is 0 Å². The van der Waals surface area contributed by atoms with Crippen molar-refractivity contribution in [1.29, 1.82) is 0 Å². The summed E-state index contributed by atoms with van der Waals surface area (Å²) in [6.45, 7) is 19.3. The molecule has 0 aromatic heterocycles. The van der Waals surface area contributed by atoms with E-state index < -0.39 is 22.8 Å². The Morgan fingerprint density at radius 3 is 2.31 bits per heavy atom. The molecule has 6 nitrogen and oxygen atoms in total. The van der Waals surface area contributed by atoms with E-state index in [1.165, 1.54) is 0 Å². The lowest BCUT2D eigenvalue weighted by atomic mass is 9.45. The second-order valence-corrected chi connectivity index (χ2v) is 15.9. The van der Waals surface area contributed by atoms with Crippen LogP contribution in [0, 0.1) is 34.5 Å². The lowest BCUT2D eigenvalue weighted by Gasteiger charge is -2.60. The van der Waals surface area contributed by atoms with Crippen LogP contribution in [0.2, 0.25) is 0 Å². The zero-order chi connectivity index (χ0) is 28.4. The molecule has 6 aliphatic rings. The number of hydrogen-bond acceptors (Lipinski definition) is 6. The molecule has 6 rings (SSSR count). The third-order valence-electron chi connectivity index (χ3n) is 12.2. The molecule has 39 heavy (non-hydrogen) atoms. The van der Waals surface area contributed by atoms with Crippen molar-refractivity contribution in [3.05, 3.63) is 11.6 Å². The van der Waals surface area contributed by atoms with Crippen molar-refractivity contribution in [2.75, 3.05) is 0 Å². The lowest BCUT2D eigenvalue weighted by molar-refractivity contribution is -0.190. The highest BCUT2D eigenvalue weighted by molar-refractivity contribution is 5.95.